The fraction of sp³-hybridized carbons (Fsp3) is 0.417. The third-order valence-electron chi connectivity index (χ3n) is 3.12. The van der Waals surface area contributed by atoms with E-state index in [9.17, 15) is 4.79 Å². The van der Waals surface area contributed by atoms with Gasteiger partial charge in [-0.15, -0.1) is 0 Å². The van der Waals surface area contributed by atoms with Crippen molar-refractivity contribution >= 4 is 23.2 Å². The fourth-order valence-electron chi connectivity index (χ4n) is 2.05. The van der Waals surface area contributed by atoms with Gasteiger partial charge in [-0.1, -0.05) is 11.6 Å². The molecule has 1 heterocycles. The SMILES string of the molecule is CN1CCN(c2ccc(Cl)cc2)C(=O)C1CN. The molecular formula is C12H16ClN3O. The van der Waals surface area contributed by atoms with Crippen LogP contribution >= 0.6 is 11.6 Å². The largest absolute Gasteiger partial charge is 0.328 e. The van der Waals surface area contributed by atoms with E-state index in [-0.39, 0.29) is 11.9 Å². The highest BCUT2D eigenvalue weighted by Gasteiger charge is 2.32. The van der Waals surface area contributed by atoms with Crippen molar-refractivity contribution < 1.29 is 4.79 Å². The van der Waals surface area contributed by atoms with E-state index in [1.54, 1.807) is 17.0 Å². The van der Waals surface area contributed by atoms with Crippen molar-refractivity contribution in [2.45, 2.75) is 6.04 Å². The van der Waals surface area contributed by atoms with Crippen molar-refractivity contribution in [3.63, 3.8) is 0 Å². The molecule has 1 aromatic rings. The van der Waals surface area contributed by atoms with E-state index in [2.05, 4.69) is 0 Å². The summed E-state index contributed by atoms with van der Waals surface area (Å²) in [7, 11) is 1.93. The molecule has 1 fully saturated rings. The molecule has 0 spiro atoms. The lowest BCUT2D eigenvalue weighted by molar-refractivity contribution is -0.124. The van der Waals surface area contributed by atoms with Gasteiger partial charge in [-0.25, -0.2) is 0 Å². The molecule has 4 nitrogen and oxygen atoms in total. The summed E-state index contributed by atoms with van der Waals surface area (Å²) in [4.78, 5) is 16.0. The van der Waals surface area contributed by atoms with Crippen molar-refractivity contribution in [3.8, 4) is 0 Å². The van der Waals surface area contributed by atoms with Crippen LogP contribution in [0.4, 0.5) is 5.69 Å². The van der Waals surface area contributed by atoms with Crippen LogP contribution in [0.1, 0.15) is 0 Å². The Bertz CT molecular complexity index is 407. The molecule has 0 radical (unpaired) electrons. The summed E-state index contributed by atoms with van der Waals surface area (Å²) in [6, 6.07) is 7.08. The van der Waals surface area contributed by atoms with E-state index in [0.717, 1.165) is 12.2 Å². The van der Waals surface area contributed by atoms with Crippen LogP contribution in [0.5, 0.6) is 0 Å². The molecule has 1 saturated heterocycles. The zero-order valence-electron chi connectivity index (χ0n) is 9.77. The maximum Gasteiger partial charge on any atom is 0.245 e. The third-order valence-corrected chi connectivity index (χ3v) is 3.37. The Morgan fingerprint density at radius 1 is 1.35 bits per heavy atom. The highest BCUT2D eigenvalue weighted by Crippen LogP contribution is 2.21. The predicted octanol–water partition coefficient (Wildman–Crippen LogP) is 0.946. The van der Waals surface area contributed by atoms with Crippen LogP contribution in [-0.2, 0) is 4.79 Å². The third kappa shape index (κ3) is 2.44. The first-order valence-corrected chi connectivity index (χ1v) is 5.98. The molecule has 1 aliphatic rings. The number of carbonyl (C=O) groups is 1. The van der Waals surface area contributed by atoms with Gasteiger partial charge in [0, 0.05) is 30.3 Å². The number of likely N-dealkylation sites (N-methyl/N-ethyl adjacent to an activating group) is 1. The first-order chi connectivity index (χ1) is 8.13. The fourth-order valence-corrected chi connectivity index (χ4v) is 2.18. The van der Waals surface area contributed by atoms with Crippen LogP contribution in [0.15, 0.2) is 24.3 Å². The topological polar surface area (TPSA) is 49.6 Å². The molecule has 1 aliphatic heterocycles. The zero-order valence-corrected chi connectivity index (χ0v) is 10.5. The maximum atomic E-state index is 12.2. The van der Waals surface area contributed by atoms with Crippen molar-refractivity contribution in [1.82, 2.24) is 4.90 Å². The van der Waals surface area contributed by atoms with Crippen LogP contribution in [0.25, 0.3) is 0 Å². The number of carbonyl (C=O) groups excluding carboxylic acids is 1. The van der Waals surface area contributed by atoms with Crippen molar-refractivity contribution in [3.05, 3.63) is 29.3 Å². The predicted molar refractivity (Wildman–Crippen MR) is 69.3 cm³/mol. The summed E-state index contributed by atoms with van der Waals surface area (Å²) in [5.41, 5.74) is 6.52. The van der Waals surface area contributed by atoms with E-state index < -0.39 is 0 Å². The number of nitrogens with two attached hydrogens (primary N) is 1. The van der Waals surface area contributed by atoms with Gasteiger partial charge in [0.25, 0.3) is 0 Å². The maximum absolute atomic E-state index is 12.2. The monoisotopic (exact) mass is 253 g/mol. The molecular weight excluding hydrogens is 238 g/mol. The number of hydrogen-bond acceptors (Lipinski definition) is 3. The summed E-state index contributed by atoms with van der Waals surface area (Å²) in [5, 5.41) is 0.672. The number of halogens is 1. The van der Waals surface area contributed by atoms with Gasteiger partial charge >= 0.3 is 0 Å². The molecule has 1 atom stereocenters. The Hall–Kier alpha value is -1.10. The number of benzene rings is 1. The quantitative estimate of drug-likeness (QED) is 0.854. The molecule has 1 aromatic carbocycles. The van der Waals surface area contributed by atoms with Crippen molar-refractivity contribution in [2.75, 3.05) is 31.6 Å². The van der Waals surface area contributed by atoms with Crippen molar-refractivity contribution in [2.24, 2.45) is 5.73 Å². The lowest BCUT2D eigenvalue weighted by atomic mass is 10.1. The van der Waals surface area contributed by atoms with Crippen LogP contribution in [0, 0.1) is 0 Å². The van der Waals surface area contributed by atoms with E-state index >= 15 is 0 Å². The molecule has 0 saturated carbocycles. The molecule has 2 N–H and O–H groups in total. The lowest BCUT2D eigenvalue weighted by Crippen LogP contribution is -2.58. The highest BCUT2D eigenvalue weighted by molar-refractivity contribution is 6.30. The average molecular weight is 254 g/mol. The van der Waals surface area contributed by atoms with Gasteiger partial charge in [0.1, 0.15) is 6.04 Å². The van der Waals surface area contributed by atoms with Crippen LogP contribution < -0.4 is 10.6 Å². The molecule has 0 aromatic heterocycles. The van der Waals surface area contributed by atoms with Gasteiger partial charge in [-0.3, -0.25) is 9.69 Å². The summed E-state index contributed by atoms with van der Waals surface area (Å²) < 4.78 is 0. The minimum absolute atomic E-state index is 0.0589. The first-order valence-electron chi connectivity index (χ1n) is 5.60. The summed E-state index contributed by atoms with van der Waals surface area (Å²) >= 11 is 5.83. The Morgan fingerprint density at radius 3 is 2.59 bits per heavy atom. The van der Waals surface area contributed by atoms with Crippen LogP contribution in [0.3, 0.4) is 0 Å². The Balaban J connectivity index is 2.22. The smallest absolute Gasteiger partial charge is 0.245 e. The van der Waals surface area contributed by atoms with Crippen LogP contribution in [0.2, 0.25) is 5.02 Å². The van der Waals surface area contributed by atoms with E-state index in [4.69, 9.17) is 17.3 Å². The van der Waals surface area contributed by atoms with Gasteiger partial charge in [0.05, 0.1) is 0 Å². The summed E-state index contributed by atoms with van der Waals surface area (Å²) in [6.45, 7) is 1.86. The van der Waals surface area contributed by atoms with Crippen LogP contribution in [-0.4, -0.2) is 43.5 Å². The van der Waals surface area contributed by atoms with E-state index in [1.807, 2.05) is 24.1 Å². The Kier molecular flexibility index (Phi) is 3.66. The molecule has 2 rings (SSSR count). The Morgan fingerprint density at radius 2 is 2.00 bits per heavy atom. The molecule has 1 amide bonds. The zero-order chi connectivity index (χ0) is 12.4. The molecule has 0 aliphatic carbocycles. The average Bonchev–Trinajstić information content (AvgIpc) is 2.31. The summed E-state index contributed by atoms with van der Waals surface area (Å²) in [5.74, 6) is 0.0589. The number of piperazine rings is 1. The van der Waals surface area contributed by atoms with Gasteiger partial charge in [-0.05, 0) is 31.3 Å². The standard InChI is InChI=1S/C12H16ClN3O/c1-15-6-7-16(12(17)11(15)8-14)10-4-2-9(13)3-5-10/h2-5,11H,6-8,14H2,1H3. The molecule has 0 bridgehead atoms. The minimum Gasteiger partial charge on any atom is -0.328 e. The van der Waals surface area contributed by atoms with Gasteiger partial charge in [-0.2, -0.15) is 0 Å². The second-order valence-corrected chi connectivity index (χ2v) is 4.63. The second kappa shape index (κ2) is 5.04. The minimum atomic E-state index is -0.223. The lowest BCUT2D eigenvalue weighted by Gasteiger charge is -2.38. The summed E-state index contributed by atoms with van der Waals surface area (Å²) in [6.07, 6.45) is 0. The number of hydrogen-bond donors (Lipinski definition) is 1. The van der Waals surface area contributed by atoms with Crippen molar-refractivity contribution in [1.29, 1.82) is 0 Å². The molecule has 1 unspecified atom stereocenters. The molecule has 92 valence electrons. The van der Waals surface area contributed by atoms with Gasteiger partial charge in [0.15, 0.2) is 0 Å². The Labute approximate surface area is 106 Å². The number of nitrogens with zero attached hydrogens (tertiary/aromatic N) is 2. The second-order valence-electron chi connectivity index (χ2n) is 4.20. The van der Waals surface area contributed by atoms with Gasteiger partial charge < -0.3 is 10.6 Å². The van der Waals surface area contributed by atoms with E-state index in [0.29, 0.717) is 18.1 Å². The number of anilines is 1. The number of rotatable bonds is 2. The molecule has 17 heavy (non-hydrogen) atoms. The van der Waals surface area contributed by atoms with Gasteiger partial charge in [0.2, 0.25) is 5.91 Å². The number of amides is 1. The van der Waals surface area contributed by atoms with E-state index in [1.165, 1.54) is 0 Å². The molecule has 5 heteroatoms. The normalized spacial score (nSPS) is 21.9. The highest BCUT2D eigenvalue weighted by atomic mass is 35.5. The first kappa shape index (κ1) is 12.4.